The maximum Gasteiger partial charge on any atom is 0.304 e. The van der Waals surface area contributed by atoms with Crippen molar-refractivity contribution in [3.05, 3.63) is 0 Å². The maximum absolute atomic E-state index is 10.1. The first kappa shape index (κ1) is 8.96. The zero-order valence-electron chi connectivity index (χ0n) is 6.00. The van der Waals surface area contributed by atoms with Crippen molar-refractivity contribution in [2.24, 2.45) is 5.92 Å². The monoisotopic (exact) mass is 141 g/mol. The van der Waals surface area contributed by atoms with Gasteiger partial charge in [0.25, 0.3) is 0 Å². The molecule has 56 valence electrons. The van der Waals surface area contributed by atoms with E-state index in [9.17, 15) is 4.79 Å². The van der Waals surface area contributed by atoms with E-state index in [1.165, 1.54) is 0 Å². The molecule has 0 fully saturated rings. The van der Waals surface area contributed by atoms with Gasteiger partial charge in [-0.25, -0.2) is 0 Å². The third-order valence-corrected chi connectivity index (χ3v) is 1.24. The highest BCUT2D eigenvalue weighted by Crippen LogP contribution is 2.08. The Labute approximate surface area is 60.3 Å². The number of nitrogens with zero attached hydrogens (tertiary/aromatic N) is 1. The highest BCUT2D eigenvalue weighted by Gasteiger charge is 2.09. The molecule has 0 aliphatic heterocycles. The summed E-state index contributed by atoms with van der Waals surface area (Å²) >= 11 is 0. The first-order chi connectivity index (χ1) is 4.70. The van der Waals surface area contributed by atoms with Crippen LogP contribution in [0, 0.1) is 17.2 Å². The van der Waals surface area contributed by atoms with Crippen molar-refractivity contribution >= 4 is 5.97 Å². The Morgan fingerprint density at radius 3 is 2.70 bits per heavy atom. The fraction of sp³-hybridized carbons (Fsp3) is 0.714. The maximum atomic E-state index is 10.1. The fourth-order valence-corrected chi connectivity index (χ4v) is 0.772. The summed E-state index contributed by atoms with van der Waals surface area (Å²) in [4.78, 5) is 10.1. The van der Waals surface area contributed by atoms with Gasteiger partial charge in [0.2, 0.25) is 0 Å². The highest BCUT2D eigenvalue weighted by molar-refractivity contribution is 5.67. The summed E-state index contributed by atoms with van der Waals surface area (Å²) < 4.78 is 0. The second kappa shape index (κ2) is 4.80. The molecular formula is C7H11NO2. The standard InChI is InChI=1S/C7H11NO2/c1-2-3-6(5-8)4-7(9)10/h6H,2-4H2,1H3,(H,9,10)/t6-/m0/s1. The van der Waals surface area contributed by atoms with E-state index in [1.54, 1.807) is 0 Å². The number of hydrogen-bond acceptors (Lipinski definition) is 2. The quantitative estimate of drug-likeness (QED) is 0.643. The van der Waals surface area contributed by atoms with E-state index in [0.717, 1.165) is 6.42 Å². The lowest BCUT2D eigenvalue weighted by Crippen LogP contribution is -2.04. The minimum Gasteiger partial charge on any atom is -0.481 e. The molecule has 0 aliphatic rings. The van der Waals surface area contributed by atoms with Gasteiger partial charge in [0.05, 0.1) is 18.4 Å². The summed E-state index contributed by atoms with van der Waals surface area (Å²) in [6.45, 7) is 1.94. The molecule has 0 heterocycles. The normalized spacial score (nSPS) is 12.0. The molecule has 0 aromatic rings. The van der Waals surface area contributed by atoms with E-state index < -0.39 is 5.97 Å². The molecule has 0 radical (unpaired) electrons. The van der Waals surface area contributed by atoms with Gasteiger partial charge >= 0.3 is 5.97 Å². The molecule has 0 amide bonds. The van der Waals surface area contributed by atoms with Crippen molar-refractivity contribution in [1.82, 2.24) is 0 Å². The van der Waals surface area contributed by atoms with Crippen LogP contribution < -0.4 is 0 Å². The van der Waals surface area contributed by atoms with E-state index in [2.05, 4.69) is 0 Å². The Morgan fingerprint density at radius 2 is 2.40 bits per heavy atom. The van der Waals surface area contributed by atoms with Crippen molar-refractivity contribution in [3.63, 3.8) is 0 Å². The molecule has 1 N–H and O–H groups in total. The van der Waals surface area contributed by atoms with Crippen molar-refractivity contribution in [2.45, 2.75) is 26.2 Å². The SMILES string of the molecule is CCC[C@H](C#N)CC(=O)O. The van der Waals surface area contributed by atoms with Crippen LogP contribution >= 0.6 is 0 Å². The zero-order chi connectivity index (χ0) is 7.98. The number of nitriles is 1. The molecule has 0 bridgehead atoms. The van der Waals surface area contributed by atoms with Crippen molar-refractivity contribution in [2.75, 3.05) is 0 Å². The topological polar surface area (TPSA) is 61.1 Å². The largest absolute Gasteiger partial charge is 0.481 e. The summed E-state index contributed by atoms with van der Waals surface area (Å²) in [5.41, 5.74) is 0. The Hall–Kier alpha value is -1.04. The van der Waals surface area contributed by atoms with Gasteiger partial charge in [-0.3, -0.25) is 4.79 Å². The molecule has 3 heteroatoms. The van der Waals surface area contributed by atoms with Gasteiger partial charge in [-0.1, -0.05) is 13.3 Å². The molecule has 0 rings (SSSR count). The number of hydrogen-bond donors (Lipinski definition) is 1. The summed E-state index contributed by atoms with van der Waals surface area (Å²) in [6, 6.07) is 1.95. The number of aliphatic carboxylic acids is 1. The molecule has 0 saturated carbocycles. The van der Waals surface area contributed by atoms with Crippen LogP contribution in [0.4, 0.5) is 0 Å². The van der Waals surface area contributed by atoms with E-state index in [-0.39, 0.29) is 12.3 Å². The number of rotatable bonds is 4. The average Bonchev–Trinajstić information content (AvgIpc) is 1.86. The Balaban J connectivity index is 3.63. The first-order valence-corrected chi connectivity index (χ1v) is 3.32. The predicted octanol–water partition coefficient (Wildman–Crippen LogP) is 1.40. The minimum atomic E-state index is -0.889. The Bertz CT molecular complexity index is 148. The van der Waals surface area contributed by atoms with Crippen molar-refractivity contribution in [3.8, 4) is 6.07 Å². The number of carbonyl (C=O) groups is 1. The molecule has 0 spiro atoms. The number of carboxylic acid groups (broad SMARTS) is 1. The molecule has 3 nitrogen and oxygen atoms in total. The van der Waals surface area contributed by atoms with Crippen LogP contribution in [-0.2, 0) is 4.79 Å². The lowest BCUT2D eigenvalue weighted by atomic mass is 10.0. The van der Waals surface area contributed by atoms with Crippen molar-refractivity contribution < 1.29 is 9.90 Å². The second-order valence-corrected chi connectivity index (χ2v) is 2.21. The Kier molecular flexibility index (Phi) is 4.30. The third kappa shape index (κ3) is 3.90. The highest BCUT2D eigenvalue weighted by atomic mass is 16.4. The third-order valence-electron chi connectivity index (χ3n) is 1.24. The lowest BCUT2D eigenvalue weighted by molar-refractivity contribution is -0.137. The minimum absolute atomic E-state index is 0.0235. The number of carboxylic acids is 1. The van der Waals surface area contributed by atoms with Crippen LogP contribution in [-0.4, -0.2) is 11.1 Å². The van der Waals surface area contributed by atoms with E-state index in [0.29, 0.717) is 6.42 Å². The van der Waals surface area contributed by atoms with E-state index in [1.807, 2.05) is 13.0 Å². The van der Waals surface area contributed by atoms with Gasteiger partial charge in [0.15, 0.2) is 0 Å². The van der Waals surface area contributed by atoms with Crippen LogP contribution in [0.25, 0.3) is 0 Å². The fourth-order valence-electron chi connectivity index (χ4n) is 0.772. The van der Waals surface area contributed by atoms with Gasteiger partial charge in [-0.15, -0.1) is 0 Å². The van der Waals surface area contributed by atoms with Gasteiger partial charge in [0.1, 0.15) is 0 Å². The van der Waals surface area contributed by atoms with Crippen LogP contribution in [0.2, 0.25) is 0 Å². The molecule has 0 aromatic carbocycles. The molecule has 1 atom stereocenters. The Morgan fingerprint density at radius 1 is 1.80 bits per heavy atom. The van der Waals surface area contributed by atoms with Crippen LogP contribution in [0.5, 0.6) is 0 Å². The van der Waals surface area contributed by atoms with Crippen LogP contribution in [0.1, 0.15) is 26.2 Å². The first-order valence-electron chi connectivity index (χ1n) is 3.32. The summed E-state index contributed by atoms with van der Waals surface area (Å²) in [5, 5.41) is 16.7. The molecule has 10 heavy (non-hydrogen) atoms. The van der Waals surface area contributed by atoms with E-state index in [4.69, 9.17) is 10.4 Å². The summed E-state index contributed by atoms with van der Waals surface area (Å²) in [6.07, 6.45) is 1.53. The van der Waals surface area contributed by atoms with E-state index >= 15 is 0 Å². The molecular weight excluding hydrogens is 130 g/mol. The molecule has 0 aliphatic carbocycles. The van der Waals surface area contributed by atoms with Crippen molar-refractivity contribution in [1.29, 1.82) is 5.26 Å². The predicted molar refractivity (Wildman–Crippen MR) is 36.3 cm³/mol. The van der Waals surface area contributed by atoms with Crippen LogP contribution in [0.15, 0.2) is 0 Å². The summed E-state index contributed by atoms with van der Waals surface area (Å²) in [7, 11) is 0. The lowest BCUT2D eigenvalue weighted by Gasteiger charge is -2.01. The van der Waals surface area contributed by atoms with Gasteiger partial charge in [0, 0.05) is 0 Å². The van der Waals surface area contributed by atoms with Crippen LogP contribution in [0.3, 0.4) is 0 Å². The molecule has 0 saturated heterocycles. The van der Waals surface area contributed by atoms with Gasteiger partial charge < -0.3 is 5.11 Å². The molecule has 0 unspecified atom stereocenters. The summed E-state index contributed by atoms with van der Waals surface area (Å²) in [5.74, 6) is -1.19. The van der Waals surface area contributed by atoms with Gasteiger partial charge in [-0.05, 0) is 6.42 Å². The zero-order valence-corrected chi connectivity index (χ0v) is 6.00. The second-order valence-electron chi connectivity index (χ2n) is 2.21. The average molecular weight is 141 g/mol. The smallest absolute Gasteiger partial charge is 0.304 e. The van der Waals surface area contributed by atoms with Gasteiger partial charge in [-0.2, -0.15) is 5.26 Å². The molecule has 0 aromatic heterocycles.